The molecular formula is C13H17F3N2O2. The van der Waals surface area contributed by atoms with E-state index in [4.69, 9.17) is 4.74 Å². The Morgan fingerprint density at radius 2 is 1.95 bits per heavy atom. The molecule has 0 saturated carbocycles. The van der Waals surface area contributed by atoms with Gasteiger partial charge in [0.25, 0.3) is 0 Å². The van der Waals surface area contributed by atoms with Crippen molar-refractivity contribution in [1.29, 1.82) is 0 Å². The predicted octanol–water partition coefficient (Wildman–Crippen LogP) is 2.06. The number of ether oxygens (including phenoxy) is 1. The number of amides is 1. The van der Waals surface area contributed by atoms with Gasteiger partial charge in [0.2, 0.25) is 5.91 Å². The molecule has 4 nitrogen and oxygen atoms in total. The zero-order chi connectivity index (χ0) is 15.0. The first-order chi connectivity index (χ1) is 9.56. The van der Waals surface area contributed by atoms with Gasteiger partial charge < -0.3 is 15.4 Å². The van der Waals surface area contributed by atoms with E-state index in [1.165, 1.54) is 0 Å². The second kappa shape index (κ2) is 8.55. The average molecular weight is 290 g/mol. The summed E-state index contributed by atoms with van der Waals surface area (Å²) in [6.07, 6.45) is 0.918. The smallest absolute Gasteiger partial charge is 0.225 e. The van der Waals surface area contributed by atoms with E-state index < -0.39 is 23.4 Å². The fraction of sp³-hybridized carbons (Fsp3) is 0.462. The van der Waals surface area contributed by atoms with Crippen LogP contribution in [0.5, 0.6) is 0 Å². The van der Waals surface area contributed by atoms with Crippen molar-refractivity contribution in [3.63, 3.8) is 0 Å². The number of hydrogen-bond donors (Lipinski definition) is 2. The van der Waals surface area contributed by atoms with Crippen LogP contribution in [-0.2, 0) is 9.53 Å². The fourth-order valence-corrected chi connectivity index (χ4v) is 1.50. The Hall–Kier alpha value is -1.60. The molecule has 7 heteroatoms. The number of carbonyl (C=O) groups excluding carboxylic acids is 1. The number of methoxy groups -OCH3 is 1. The molecule has 0 aliphatic carbocycles. The number of rotatable bonds is 8. The van der Waals surface area contributed by atoms with Crippen molar-refractivity contribution in [1.82, 2.24) is 5.32 Å². The quantitative estimate of drug-likeness (QED) is 0.569. The maximum atomic E-state index is 13.3. The summed E-state index contributed by atoms with van der Waals surface area (Å²) in [5.41, 5.74) is -0.367. The van der Waals surface area contributed by atoms with Crippen LogP contribution in [-0.4, -0.2) is 32.7 Å². The minimum Gasteiger partial charge on any atom is -0.385 e. The molecular weight excluding hydrogens is 273 g/mol. The van der Waals surface area contributed by atoms with Crippen LogP contribution in [0.4, 0.5) is 18.9 Å². The SMILES string of the molecule is COCCCNCCC(=O)Nc1ccc(F)c(F)c1F. The molecule has 1 aromatic carbocycles. The molecule has 0 heterocycles. The van der Waals surface area contributed by atoms with Gasteiger partial charge in [-0.15, -0.1) is 0 Å². The van der Waals surface area contributed by atoms with E-state index in [0.29, 0.717) is 19.7 Å². The highest BCUT2D eigenvalue weighted by Crippen LogP contribution is 2.19. The first-order valence-corrected chi connectivity index (χ1v) is 6.19. The number of halogens is 3. The average Bonchev–Trinajstić information content (AvgIpc) is 2.43. The summed E-state index contributed by atoms with van der Waals surface area (Å²) >= 11 is 0. The molecule has 0 bridgehead atoms. The monoisotopic (exact) mass is 290 g/mol. The van der Waals surface area contributed by atoms with E-state index in [0.717, 1.165) is 18.6 Å². The van der Waals surface area contributed by atoms with Gasteiger partial charge in [-0.05, 0) is 25.1 Å². The van der Waals surface area contributed by atoms with Crippen LogP contribution in [0.15, 0.2) is 12.1 Å². The molecule has 0 unspecified atom stereocenters. The summed E-state index contributed by atoms with van der Waals surface area (Å²) in [6, 6.07) is 1.74. The van der Waals surface area contributed by atoms with Gasteiger partial charge in [0.1, 0.15) is 0 Å². The van der Waals surface area contributed by atoms with E-state index in [1.807, 2.05) is 0 Å². The molecule has 1 amide bonds. The topological polar surface area (TPSA) is 50.4 Å². The lowest BCUT2D eigenvalue weighted by Gasteiger charge is -2.08. The van der Waals surface area contributed by atoms with Crippen molar-refractivity contribution in [3.8, 4) is 0 Å². The standard InChI is InChI=1S/C13H17F3N2O2/c1-20-8-2-6-17-7-5-11(19)18-10-4-3-9(14)12(15)13(10)16/h3-4,17H,2,5-8H2,1H3,(H,18,19). The van der Waals surface area contributed by atoms with Gasteiger partial charge in [-0.1, -0.05) is 0 Å². The Balaban J connectivity index is 2.34. The first kappa shape index (κ1) is 16.5. The van der Waals surface area contributed by atoms with Crippen LogP contribution in [0, 0.1) is 17.5 Å². The lowest BCUT2D eigenvalue weighted by molar-refractivity contribution is -0.116. The number of carbonyl (C=O) groups is 1. The van der Waals surface area contributed by atoms with Crippen LogP contribution in [0.25, 0.3) is 0 Å². The van der Waals surface area contributed by atoms with Gasteiger partial charge in [-0.3, -0.25) is 4.79 Å². The van der Waals surface area contributed by atoms with E-state index >= 15 is 0 Å². The number of anilines is 1. The zero-order valence-electron chi connectivity index (χ0n) is 11.1. The minimum absolute atomic E-state index is 0.103. The van der Waals surface area contributed by atoms with Crippen molar-refractivity contribution >= 4 is 11.6 Å². The summed E-state index contributed by atoms with van der Waals surface area (Å²) in [7, 11) is 1.60. The Morgan fingerprint density at radius 1 is 1.20 bits per heavy atom. The van der Waals surface area contributed by atoms with Crippen molar-refractivity contribution in [2.24, 2.45) is 0 Å². The molecule has 0 radical (unpaired) electrons. The molecule has 0 fully saturated rings. The van der Waals surface area contributed by atoms with E-state index in [1.54, 1.807) is 7.11 Å². The van der Waals surface area contributed by atoms with Gasteiger partial charge in [0.05, 0.1) is 5.69 Å². The van der Waals surface area contributed by atoms with Crippen molar-refractivity contribution < 1.29 is 22.7 Å². The maximum absolute atomic E-state index is 13.3. The molecule has 2 N–H and O–H groups in total. The van der Waals surface area contributed by atoms with Gasteiger partial charge >= 0.3 is 0 Å². The van der Waals surface area contributed by atoms with Crippen molar-refractivity contribution in [3.05, 3.63) is 29.6 Å². The van der Waals surface area contributed by atoms with Crippen LogP contribution in [0.3, 0.4) is 0 Å². The highest BCUT2D eigenvalue weighted by Gasteiger charge is 2.14. The van der Waals surface area contributed by atoms with Gasteiger partial charge in [0.15, 0.2) is 17.5 Å². The summed E-state index contributed by atoms with van der Waals surface area (Å²) in [5, 5.41) is 5.20. The second-order valence-electron chi connectivity index (χ2n) is 4.12. The van der Waals surface area contributed by atoms with Crippen molar-refractivity contribution in [2.45, 2.75) is 12.8 Å². The number of nitrogens with one attached hydrogen (secondary N) is 2. The third kappa shape index (κ3) is 5.18. The van der Waals surface area contributed by atoms with Gasteiger partial charge in [-0.25, -0.2) is 13.2 Å². The zero-order valence-corrected chi connectivity index (χ0v) is 11.1. The molecule has 0 aliphatic heterocycles. The summed E-state index contributed by atoms with van der Waals surface area (Å²) < 4.78 is 43.8. The van der Waals surface area contributed by atoms with Crippen LogP contribution in [0.2, 0.25) is 0 Å². The molecule has 0 aliphatic rings. The van der Waals surface area contributed by atoms with Gasteiger partial charge in [-0.2, -0.15) is 0 Å². The van der Waals surface area contributed by atoms with Crippen LogP contribution < -0.4 is 10.6 Å². The predicted molar refractivity (Wildman–Crippen MR) is 68.9 cm³/mol. The van der Waals surface area contributed by atoms with Crippen molar-refractivity contribution in [2.75, 3.05) is 32.1 Å². The molecule has 0 atom stereocenters. The molecule has 1 rings (SSSR count). The molecule has 112 valence electrons. The fourth-order valence-electron chi connectivity index (χ4n) is 1.50. The summed E-state index contributed by atoms with van der Waals surface area (Å²) in [5.74, 6) is -4.76. The lowest BCUT2D eigenvalue weighted by Crippen LogP contribution is -2.23. The Morgan fingerprint density at radius 3 is 2.65 bits per heavy atom. The molecule has 0 saturated heterocycles. The first-order valence-electron chi connectivity index (χ1n) is 6.19. The maximum Gasteiger partial charge on any atom is 0.225 e. The minimum atomic E-state index is -1.60. The van der Waals surface area contributed by atoms with E-state index in [9.17, 15) is 18.0 Å². The molecule has 20 heavy (non-hydrogen) atoms. The molecule has 0 aromatic heterocycles. The third-order valence-electron chi connectivity index (χ3n) is 2.54. The largest absolute Gasteiger partial charge is 0.385 e. The van der Waals surface area contributed by atoms with E-state index in [2.05, 4.69) is 10.6 Å². The van der Waals surface area contributed by atoms with Gasteiger partial charge in [0, 0.05) is 26.7 Å². The normalized spacial score (nSPS) is 10.6. The third-order valence-corrected chi connectivity index (χ3v) is 2.54. The molecule has 0 spiro atoms. The van der Waals surface area contributed by atoms with E-state index in [-0.39, 0.29) is 12.1 Å². The number of hydrogen-bond acceptors (Lipinski definition) is 3. The summed E-state index contributed by atoms with van der Waals surface area (Å²) in [4.78, 5) is 11.5. The lowest BCUT2D eigenvalue weighted by atomic mass is 10.2. The highest BCUT2D eigenvalue weighted by atomic mass is 19.2. The Labute approximate surface area is 115 Å². The summed E-state index contributed by atoms with van der Waals surface area (Å²) in [6.45, 7) is 1.72. The van der Waals surface area contributed by atoms with Crippen LogP contribution >= 0.6 is 0 Å². The second-order valence-corrected chi connectivity index (χ2v) is 4.12. The van der Waals surface area contributed by atoms with Crippen LogP contribution in [0.1, 0.15) is 12.8 Å². The Kier molecular flexibility index (Phi) is 7.03. The number of benzene rings is 1. The highest BCUT2D eigenvalue weighted by molar-refractivity contribution is 5.90. The Bertz CT molecular complexity index is 455. The molecule has 1 aromatic rings.